The highest BCUT2D eigenvalue weighted by Gasteiger charge is 2.21. The van der Waals surface area contributed by atoms with E-state index in [0.29, 0.717) is 5.56 Å². The number of rotatable bonds is 5. The summed E-state index contributed by atoms with van der Waals surface area (Å²) in [6, 6.07) is 6.77. The van der Waals surface area contributed by atoms with E-state index in [9.17, 15) is 9.59 Å². The maximum atomic E-state index is 12.4. The van der Waals surface area contributed by atoms with Gasteiger partial charge in [-0.2, -0.15) is 5.10 Å². The Morgan fingerprint density at radius 2 is 1.91 bits per heavy atom. The molecule has 0 aliphatic carbocycles. The normalized spacial score (nSPS) is 10.7. The predicted octanol–water partition coefficient (Wildman–Crippen LogP) is 2.12. The average Bonchev–Trinajstić information content (AvgIpc) is 2.90. The molecular weight excluding hydrogens is 282 g/mol. The summed E-state index contributed by atoms with van der Waals surface area (Å²) in [6.45, 7) is 5.23. The number of carboxylic acids is 1. The molecular formula is C16H19N3O3. The van der Waals surface area contributed by atoms with E-state index >= 15 is 0 Å². The smallest absolute Gasteiger partial charge is 0.323 e. The number of aromatic nitrogens is 2. The lowest BCUT2D eigenvalue weighted by Crippen LogP contribution is -2.40. The summed E-state index contributed by atoms with van der Waals surface area (Å²) in [5, 5.41) is 13.1. The van der Waals surface area contributed by atoms with Gasteiger partial charge in [0, 0.05) is 17.8 Å². The highest BCUT2D eigenvalue weighted by Crippen LogP contribution is 2.13. The van der Waals surface area contributed by atoms with Crippen LogP contribution in [-0.4, -0.2) is 44.3 Å². The zero-order valence-electron chi connectivity index (χ0n) is 12.9. The molecule has 6 nitrogen and oxygen atoms in total. The molecule has 1 N–H and O–H groups in total. The van der Waals surface area contributed by atoms with Crippen LogP contribution in [0.2, 0.25) is 0 Å². The van der Waals surface area contributed by atoms with Crippen LogP contribution in [0.5, 0.6) is 0 Å². The van der Waals surface area contributed by atoms with E-state index in [2.05, 4.69) is 5.10 Å². The lowest BCUT2D eigenvalue weighted by Gasteiger charge is -2.25. The molecule has 0 aliphatic rings. The summed E-state index contributed by atoms with van der Waals surface area (Å²) in [5.74, 6) is -1.31. The van der Waals surface area contributed by atoms with Crippen LogP contribution in [0.15, 0.2) is 36.7 Å². The van der Waals surface area contributed by atoms with Crippen LogP contribution in [-0.2, 0) is 4.79 Å². The van der Waals surface area contributed by atoms with Gasteiger partial charge in [0.1, 0.15) is 6.54 Å². The van der Waals surface area contributed by atoms with Gasteiger partial charge in [-0.1, -0.05) is 0 Å². The van der Waals surface area contributed by atoms with Crippen LogP contribution in [0.3, 0.4) is 0 Å². The number of carboxylic acid groups (broad SMARTS) is 1. The van der Waals surface area contributed by atoms with Gasteiger partial charge in [-0.25, -0.2) is 4.68 Å². The zero-order valence-corrected chi connectivity index (χ0v) is 12.9. The largest absolute Gasteiger partial charge is 0.480 e. The van der Waals surface area contributed by atoms with Crippen LogP contribution in [0.1, 0.15) is 29.8 Å². The van der Waals surface area contributed by atoms with Crippen LogP contribution in [0, 0.1) is 6.92 Å². The third-order valence-corrected chi connectivity index (χ3v) is 3.28. The summed E-state index contributed by atoms with van der Waals surface area (Å²) in [5.41, 5.74) is 2.36. The Hall–Kier alpha value is -2.63. The number of carbonyl (C=O) groups is 2. The van der Waals surface area contributed by atoms with Gasteiger partial charge in [-0.05, 0) is 50.6 Å². The Kier molecular flexibility index (Phi) is 4.60. The van der Waals surface area contributed by atoms with Gasteiger partial charge in [0.05, 0.1) is 11.9 Å². The Morgan fingerprint density at radius 1 is 1.27 bits per heavy atom. The Morgan fingerprint density at radius 3 is 2.36 bits per heavy atom. The molecule has 0 saturated heterocycles. The first kappa shape index (κ1) is 15.8. The minimum Gasteiger partial charge on any atom is -0.480 e. The molecule has 6 heteroatoms. The Balaban J connectivity index is 2.21. The maximum absolute atomic E-state index is 12.4. The molecule has 0 aliphatic heterocycles. The van der Waals surface area contributed by atoms with Crippen molar-refractivity contribution in [1.82, 2.24) is 14.7 Å². The summed E-state index contributed by atoms with van der Waals surface area (Å²) in [6.07, 6.45) is 3.65. The molecule has 1 heterocycles. The van der Waals surface area contributed by atoms with Gasteiger partial charge >= 0.3 is 5.97 Å². The number of nitrogens with zero attached hydrogens (tertiary/aromatic N) is 3. The fraction of sp³-hybridized carbons (Fsp3) is 0.312. The summed E-state index contributed by atoms with van der Waals surface area (Å²) in [7, 11) is 0. The van der Waals surface area contributed by atoms with Crippen molar-refractivity contribution in [2.75, 3.05) is 6.54 Å². The number of aryl methyl sites for hydroxylation is 1. The molecule has 0 radical (unpaired) electrons. The first-order valence-electron chi connectivity index (χ1n) is 7.03. The lowest BCUT2D eigenvalue weighted by molar-refractivity contribution is -0.138. The van der Waals surface area contributed by atoms with Crippen molar-refractivity contribution in [3.63, 3.8) is 0 Å². The van der Waals surface area contributed by atoms with Crippen molar-refractivity contribution in [1.29, 1.82) is 0 Å². The third kappa shape index (κ3) is 3.52. The maximum Gasteiger partial charge on any atom is 0.323 e. The SMILES string of the molecule is Cc1cnn(-c2ccc(C(=O)N(CC(=O)O)C(C)C)cc2)c1. The summed E-state index contributed by atoms with van der Waals surface area (Å²) < 4.78 is 1.72. The monoisotopic (exact) mass is 301 g/mol. The van der Waals surface area contributed by atoms with Crippen LogP contribution < -0.4 is 0 Å². The van der Waals surface area contributed by atoms with Crippen LogP contribution >= 0.6 is 0 Å². The van der Waals surface area contributed by atoms with Crippen molar-refractivity contribution >= 4 is 11.9 Å². The number of carbonyl (C=O) groups excluding carboxylic acids is 1. The van der Waals surface area contributed by atoms with Gasteiger partial charge in [0.2, 0.25) is 0 Å². The van der Waals surface area contributed by atoms with Crippen molar-refractivity contribution in [3.05, 3.63) is 47.8 Å². The number of hydrogen-bond acceptors (Lipinski definition) is 3. The topological polar surface area (TPSA) is 75.4 Å². The first-order chi connectivity index (χ1) is 10.4. The second-order valence-corrected chi connectivity index (χ2v) is 5.43. The molecule has 2 rings (SSSR count). The van der Waals surface area contributed by atoms with Gasteiger partial charge in [-0.15, -0.1) is 0 Å². The van der Waals surface area contributed by atoms with Gasteiger partial charge < -0.3 is 10.0 Å². The standard InChI is InChI=1S/C16H19N3O3/c1-11(2)18(10-15(20)21)16(22)13-4-6-14(7-5-13)19-9-12(3)8-17-19/h4-9,11H,10H2,1-3H3,(H,20,21). The molecule has 1 aromatic carbocycles. The van der Waals surface area contributed by atoms with Gasteiger partial charge in [0.15, 0.2) is 0 Å². The predicted molar refractivity (Wildman–Crippen MR) is 82.1 cm³/mol. The lowest BCUT2D eigenvalue weighted by atomic mass is 10.1. The zero-order chi connectivity index (χ0) is 16.3. The second-order valence-electron chi connectivity index (χ2n) is 5.43. The van der Waals surface area contributed by atoms with E-state index in [0.717, 1.165) is 11.3 Å². The molecule has 1 amide bonds. The van der Waals surface area contributed by atoms with E-state index in [4.69, 9.17) is 5.11 Å². The highest BCUT2D eigenvalue weighted by atomic mass is 16.4. The van der Waals surface area contributed by atoms with E-state index in [1.54, 1.807) is 49.0 Å². The Labute approximate surface area is 129 Å². The van der Waals surface area contributed by atoms with Gasteiger partial charge in [-0.3, -0.25) is 9.59 Å². The molecule has 0 fully saturated rings. The molecule has 22 heavy (non-hydrogen) atoms. The Bertz CT molecular complexity index is 674. The molecule has 0 atom stereocenters. The molecule has 0 saturated carbocycles. The van der Waals surface area contributed by atoms with Gasteiger partial charge in [0.25, 0.3) is 5.91 Å². The minimum absolute atomic E-state index is 0.183. The number of hydrogen-bond donors (Lipinski definition) is 1. The number of amides is 1. The molecule has 116 valence electrons. The highest BCUT2D eigenvalue weighted by molar-refractivity contribution is 5.96. The third-order valence-electron chi connectivity index (χ3n) is 3.28. The summed E-state index contributed by atoms with van der Waals surface area (Å²) in [4.78, 5) is 24.6. The molecule has 2 aromatic rings. The van der Waals surface area contributed by atoms with Crippen molar-refractivity contribution in [3.8, 4) is 5.69 Å². The van der Waals surface area contributed by atoms with Crippen LogP contribution in [0.25, 0.3) is 5.69 Å². The molecule has 0 spiro atoms. The van der Waals surface area contributed by atoms with E-state index < -0.39 is 5.97 Å². The van der Waals surface area contributed by atoms with Crippen LogP contribution in [0.4, 0.5) is 0 Å². The summed E-state index contributed by atoms with van der Waals surface area (Å²) >= 11 is 0. The minimum atomic E-state index is -1.02. The molecule has 1 aromatic heterocycles. The number of benzene rings is 1. The first-order valence-corrected chi connectivity index (χ1v) is 7.03. The van der Waals surface area contributed by atoms with Crippen molar-refractivity contribution < 1.29 is 14.7 Å². The van der Waals surface area contributed by atoms with Crippen molar-refractivity contribution in [2.24, 2.45) is 0 Å². The fourth-order valence-corrected chi connectivity index (χ4v) is 2.11. The van der Waals surface area contributed by atoms with E-state index in [1.165, 1.54) is 4.90 Å². The van der Waals surface area contributed by atoms with Crippen molar-refractivity contribution in [2.45, 2.75) is 26.8 Å². The molecule has 0 unspecified atom stereocenters. The van der Waals surface area contributed by atoms with E-state index in [1.807, 2.05) is 13.1 Å². The second kappa shape index (κ2) is 6.43. The van der Waals surface area contributed by atoms with E-state index in [-0.39, 0.29) is 18.5 Å². The molecule has 0 bridgehead atoms. The number of aliphatic carboxylic acids is 1. The fourth-order valence-electron chi connectivity index (χ4n) is 2.11. The average molecular weight is 301 g/mol. The quantitative estimate of drug-likeness (QED) is 0.918.